The maximum absolute atomic E-state index is 13.2. The van der Waals surface area contributed by atoms with Crippen molar-refractivity contribution in [2.24, 2.45) is 0 Å². The number of amides is 2. The molecule has 0 aromatic heterocycles. The van der Waals surface area contributed by atoms with Gasteiger partial charge in [0.25, 0.3) is 0 Å². The van der Waals surface area contributed by atoms with Crippen LogP contribution in [0.2, 0.25) is 0 Å². The molecule has 0 aliphatic rings. The molecule has 0 saturated heterocycles. The summed E-state index contributed by atoms with van der Waals surface area (Å²) < 4.78 is 0. The van der Waals surface area contributed by atoms with E-state index in [2.05, 4.69) is 55.6 Å². The molecule has 2 amide bonds. The molecule has 0 fully saturated rings. The van der Waals surface area contributed by atoms with Crippen molar-refractivity contribution in [3.05, 3.63) is 71.3 Å². The third-order valence-corrected chi connectivity index (χ3v) is 5.57. The second kappa shape index (κ2) is 12.3. The first kappa shape index (κ1) is 24.6. The maximum atomic E-state index is 13.2. The summed E-state index contributed by atoms with van der Waals surface area (Å²) in [6.07, 6.45) is 2.42. The Labute approximate surface area is 188 Å². The molecular formula is C27H38N2O2. The van der Waals surface area contributed by atoms with Gasteiger partial charge < -0.3 is 10.2 Å². The predicted molar refractivity (Wildman–Crippen MR) is 128 cm³/mol. The molecule has 168 valence electrons. The van der Waals surface area contributed by atoms with E-state index in [0.29, 0.717) is 31.7 Å². The first-order chi connectivity index (χ1) is 14.8. The first-order valence-corrected chi connectivity index (χ1v) is 11.5. The lowest BCUT2D eigenvalue weighted by Crippen LogP contribution is -2.51. The largest absolute Gasteiger partial charge is 0.352 e. The van der Waals surface area contributed by atoms with Crippen molar-refractivity contribution in [2.45, 2.75) is 78.3 Å². The highest BCUT2D eigenvalue weighted by Crippen LogP contribution is 2.17. The Balaban J connectivity index is 2.10. The van der Waals surface area contributed by atoms with E-state index in [1.807, 2.05) is 39.0 Å². The summed E-state index contributed by atoms with van der Waals surface area (Å²) >= 11 is 0. The Morgan fingerprint density at radius 1 is 0.871 bits per heavy atom. The molecule has 2 aromatic carbocycles. The normalized spacial score (nSPS) is 12.1. The molecule has 4 nitrogen and oxygen atoms in total. The van der Waals surface area contributed by atoms with E-state index in [-0.39, 0.29) is 17.9 Å². The van der Waals surface area contributed by atoms with Crippen LogP contribution in [0.15, 0.2) is 54.6 Å². The van der Waals surface area contributed by atoms with E-state index in [1.165, 1.54) is 11.1 Å². The van der Waals surface area contributed by atoms with Crippen molar-refractivity contribution < 1.29 is 9.59 Å². The van der Waals surface area contributed by atoms with Crippen LogP contribution in [0.4, 0.5) is 0 Å². The van der Waals surface area contributed by atoms with Gasteiger partial charge in [0, 0.05) is 19.0 Å². The summed E-state index contributed by atoms with van der Waals surface area (Å²) in [5, 5.41) is 2.99. The minimum atomic E-state index is -0.443. The molecular weight excluding hydrogens is 384 g/mol. The van der Waals surface area contributed by atoms with Crippen LogP contribution in [0, 0.1) is 0 Å². The molecule has 0 spiro atoms. The molecule has 0 aliphatic carbocycles. The van der Waals surface area contributed by atoms with E-state index < -0.39 is 6.04 Å². The standard InChI is InChI=1S/C27H38N2O2/c1-6-25(27(31)28-21(4)5)29(19-18-22-10-8-7-9-11-22)26(30)17-14-23-12-15-24(16-13-23)20(2)3/h7-13,15-16,20-21,25H,6,14,17-19H2,1-5H3,(H,28,31). The van der Waals surface area contributed by atoms with E-state index >= 15 is 0 Å². The number of nitrogens with zero attached hydrogens (tertiary/aromatic N) is 1. The summed E-state index contributed by atoms with van der Waals surface area (Å²) in [4.78, 5) is 27.8. The third kappa shape index (κ3) is 7.86. The molecule has 31 heavy (non-hydrogen) atoms. The number of aryl methyl sites for hydroxylation is 1. The predicted octanol–water partition coefficient (Wildman–Crippen LogP) is 5.12. The van der Waals surface area contributed by atoms with Crippen molar-refractivity contribution in [1.82, 2.24) is 10.2 Å². The summed E-state index contributed by atoms with van der Waals surface area (Å²) in [5.74, 6) is 0.462. The summed E-state index contributed by atoms with van der Waals surface area (Å²) in [7, 11) is 0. The Kier molecular flexibility index (Phi) is 9.77. The van der Waals surface area contributed by atoms with Crippen LogP contribution in [-0.2, 0) is 22.4 Å². The second-order valence-corrected chi connectivity index (χ2v) is 8.81. The minimum Gasteiger partial charge on any atom is -0.352 e. The van der Waals surface area contributed by atoms with Crippen molar-refractivity contribution in [3.63, 3.8) is 0 Å². The van der Waals surface area contributed by atoms with Crippen molar-refractivity contribution >= 4 is 11.8 Å². The fourth-order valence-electron chi connectivity index (χ4n) is 3.74. The number of rotatable bonds is 11. The first-order valence-electron chi connectivity index (χ1n) is 11.5. The van der Waals surface area contributed by atoms with Crippen molar-refractivity contribution in [2.75, 3.05) is 6.54 Å². The molecule has 4 heteroatoms. The van der Waals surface area contributed by atoms with Gasteiger partial charge in [-0.2, -0.15) is 0 Å². The number of benzene rings is 2. The van der Waals surface area contributed by atoms with Gasteiger partial charge in [0.1, 0.15) is 6.04 Å². The second-order valence-electron chi connectivity index (χ2n) is 8.81. The minimum absolute atomic E-state index is 0.0367. The molecule has 1 unspecified atom stereocenters. The summed E-state index contributed by atoms with van der Waals surface area (Å²) in [5.41, 5.74) is 3.63. The van der Waals surface area contributed by atoms with Gasteiger partial charge in [-0.15, -0.1) is 0 Å². The lowest BCUT2D eigenvalue weighted by atomic mass is 10.00. The van der Waals surface area contributed by atoms with Gasteiger partial charge >= 0.3 is 0 Å². The Hall–Kier alpha value is -2.62. The molecule has 0 aliphatic heterocycles. The van der Waals surface area contributed by atoms with Gasteiger partial charge in [0.05, 0.1) is 0 Å². The van der Waals surface area contributed by atoms with Crippen LogP contribution in [0.1, 0.15) is 70.1 Å². The maximum Gasteiger partial charge on any atom is 0.242 e. The molecule has 2 aromatic rings. The zero-order chi connectivity index (χ0) is 22.8. The van der Waals surface area contributed by atoms with Crippen LogP contribution in [0.25, 0.3) is 0 Å². The van der Waals surface area contributed by atoms with Crippen LogP contribution < -0.4 is 5.32 Å². The Bertz CT molecular complexity index is 813. The topological polar surface area (TPSA) is 49.4 Å². The lowest BCUT2D eigenvalue weighted by molar-refractivity contribution is -0.140. The van der Waals surface area contributed by atoms with E-state index in [1.54, 1.807) is 4.90 Å². The number of hydrogen-bond acceptors (Lipinski definition) is 2. The van der Waals surface area contributed by atoms with Gasteiger partial charge in [-0.25, -0.2) is 0 Å². The number of hydrogen-bond donors (Lipinski definition) is 1. The molecule has 1 N–H and O–H groups in total. The zero-order valence-electron chi connectivity index (χ0n) is 19.7. The number of carbonyl (C=O) groups is 2. The van der Waals surface area contributed by atoms with Crippen molar-refractivity contribution in [3.8, 4) is 0 Å². The highest BCUT2D eigenvalue weighted by Gasteiger charge is 2.28. The van der Waals surface area contributed by atoms with Crippen molar-refractivity contribution in [1.29, 1.82) is 0 Å². The van der Waals surface area contributed by atoms with Crippen LogP contribution in [-0.4, -0.2) is 35.3 Å². The Morgan fingerprint density at radius 3 is 2.03 bits per heavy atom. The molecule has 0 radical (unpaired) electrons. The van der Waals surface area contributed by atoms with Gasteiger partial charge in [-0.3, -0.25) is 9.59 Å². The molecule has 1 atom stereocenters. The van der Waals surface area contributed by atoms with E-state index in [9.17, 15) is 9.59 Å². The average Bonchev–Trinajstić information content (AvgIpc) is 2.75. The average molecular weight is 423 g/mol. The SMILES string of the molecule is CCC(C(=O)NC(C)C)N(CCc1ccccc1)C(=O)CCc1ccc(C(C)C)cc1. The quantitative estimate of drug-likeness (QED) is 0.547. The molecule has 0 saturated carbocycles. The monoisotopic (exact) mass is 422 g/mol. The van der Waals surface area contributed by atoms with Crippen LogP contribution >= 0.6 is 0 Å². The Morgan fingerprint density at radius 2 is 1.48 bits per heavy atom. The highest BCUT2D eigenvalue weighted by atomic mass is 16.2. The van der Waals surface area contributed by atoms with E-state index in [0.717, 1.165) is 12.0 Å². The number of carbonyl (C=O) groups excluding carboxylic acids is 2. The summed E-state index contributed by atoms with van der Waals surface area (Å²) in [6, 6.07) is 18.2. The summed E-state index contributed by atoms with van der Waals surface area (Å²) in [6.45, 7) is 10.8. The van der Waals surface area contributed by atoms with Gasteiger partial charge in [0.2, 0.25) is 11.8 Å². The highest BCUT2D eigenvalue weighted by molar-refractivity contribution is 5.87. The van der Waals surface area contributed by atoms with Crippen LogP contribution in [0.3, 0.4) is 0 Å². The smallest absolute Gasteiger partial charge is 0.242 e. The van der Waals surface area contributed by atoms with Gasteiger partial charge in [-0.05, 0) is 55.7 Å². The molecule has 0 heterocycles. The fraction of sp³-hybridized carbons (Fsp3) is 0.481. The van der Waals surface area contributed by atoms with Gasteiger partial charge in [0.15, 0.2) is 0 Å². The van der Waals surface area contributed by atoms with E-state index in [4.69, 9.17) is 0 Å². The zero-order valence-corrected chi connectivity index (χ0v) is 19.7. The molecule has 2 rings (SSSR count). The van der Waals surface area contributed by atoms with Crippen LogP contribution in [0.5, 0.6) is 0 Å². The fourth-order valence-corrected chi connectivity index (χ4v) is 3.74. The molecule has 0 bridgehead atoms. The number of nitrogens with one attached hydrogen (secondary N) is 1. The van der Waals surface area contributed by atoms with Gasteiger partial charge in [-0.1, -0.05) is 75.4 Å². The lowest BCUT2D eigenvalue weighted by Gasteiger charge is -2.31. The third-order valence-electron chi connectivity index (χ3n) is 5.57.